The number of hydrogen-bond donors (Lipinski definition) is 1. The molecule has 3 nitrogen and oxygen atoms in total. The van der Waals surface area contributed by atoms with Crippen molar-refractivity contribution in [2.24, 2.45) is 17.8 Å². The zero-order valence-electron chi connectivity index (χ0n) is 12.0. The summed E-state index contributed by atoms with van der Waals surface area (Å²) in [5.41, 5.74) is -0.787. The Morgan fingerprint density at radius 1 is 1.39 bits per heavy atom. The van der Waals surface area contributed by atoms with Gasteiger partial charge in [-0.05, 0) is 51.9 Å². The van der Waals surface area contributed by atoms with Crippen LogP contribution in [0.4, 0.5) is 0 Å². The Morgan fingerprint density at radius 3 is 2.50 bits per heavy atom. The topological polar surface area (TPSA) is 54.4 Å². The molecule has 3 heteroatoms. The van der Waals surface area contributed by atoms with Crippen molar-refractivity contribution in [3.63, 3.8) is 0 Å². The largest absolute Gasteiger partial charge is 0.390 e. The third-order valence-electron chi connectivity index (χ3n) is 4.32. The maximum atomic E-state index is 12.3. The average molecular weight is 254 g/mol. The standard InChI is InChI=1S/C15H26O3/c1-10-5-7-12(15(3,4)18)9-14(17)13(10)8-6-11(2)16/h10,12-13,18H,5-9H2,1-4H3/t10-,12+,13-/m0/s1. The first-order valence-electron chi connectivity index (χ1n) is 6.96. The summed E-state index contributed by atoms with van der Waals surface area (Å²) in [5.74, 6) is 0.756. The summed E-state index contributed by atoms with van der Waals surface area (Å²) in [6.45, 7) is 7.23. The first-order chi connectivity index (χ1) is 8.21. The molecule has 0 bridgehead atoms. The second-order valence-corrected chi connectivity index (χ2v) is 6.42. The van der Waals surface area contributed by atoms with Crippen LogP contribution in [0.1, 0.15) is 59.8 Å². The Kier molecular flexibility index (Phi) is 5.09. The summed E-state index contributed by atoms with van der Waals surface area (Å²) in [4.78, 5) is 23.3. The molecule has 0 heterocycles. The lowest BCUT2D eigenvalue weighted by Gasteiger charge is -2.27. The Morgan fingerprint density at radius 2 is 2.00 bits per heavy atom. The molecular weight excluding hydrogens is 228 g/mol. The van der Waals surface area contributed by atoms with Crippen LogP contribution in [-0.2, 0) is 9.59 Å². The van der Waals surface area contributed by atoms with Crippen molar-refractivity contribution >= 4 is 11.6 Å². The SMILES string of the molecule is CC(=O)CC[C@@H]1C(=O)C[C@H](C(C)(C)O)CC[C@@H]1C. The van der Waals surface area contributed by atoms with E-state index in [1.165, 1.54) is 0 Å². The van der Waals surface area contributed by atoms with Crippen molar-refractivity contribution in [3.8, 4) is 0 Å². The van der Waals surface area contributed by atoms with Gasteiger partial charge in [0.2, 0.25) is 0 Å². The third kappa shape index (κ3) is 4.20. The monoisotopic (exact) mass is 254 g/mol. The lowest BCUT2D eigenvalue weighted by atomic mass is 9.83. The van der Waals surface area contributed by atoms with Crippen molar-refractivity contribution in [3.05, 3.63) is 0 Å². The third-order valence-corrected chi connectivity index (χ3v) is 4.32. The van der Waals surface area contributed by atoms with E-state index in [2.05, 4.69) is 6.92 Å². The minimum atomic E-state index is -0.787. The number of aliphatic hydroxyl groups is 1. The molecule has 0 aromatic carbocycles. The smallest absolute Gasteiger partial charge is 0.136 e. The lowest BCUT2D eigenvalue weighted by molar-refractivity contribution is -0.126. The molecule has 0 radical (unpaired) electrons. The summed E-state index contributed by atoms with van der Waals surface area (Å²) in [7, 11) is 0. The van der Waals surface area contributed by atoms with Crippen LogP contribution in [0.2, 0.25) is 0 Å². The number of carbonyl (C=O) groups is 2. The molecule has 0 saturated heterocycles. The highest BCUT2D eigenvalue weighted by molar-refractivity contribution is 5.83. The highest BCUT2D eigenvalue weighted by atomic mass is 16.3. The molecule has 0 amide bonds. The maximum Gasteiger partial charge on any atom is 0.136 e. The van der Waals surface area contributed by atoms with Crippen LogP contribution in [0.3, 0.4) is 0 Å². The summed E-state index contributed by atoms with van der Waals surface area (Å²) in [5, 5.41) is 10.1. The van der Waals surface area contributed by atoms with Gasteiger partial charge in [0.25, 0.3) is 0 Å². The summed E-state index contributed by atoms with van der Waals surface area (Å²) in [6, 6.07) is 0. The van der Waals surface area contributed by atoms with E-state index in [0.717, 1.165) is 12.8 Å². The van der Waals surface area contributed by atoms with Crippen molar-refractivity contribution in [1.29, 1.82) is 0 Å². The predicted octanol–water partition coefficient (Wildman–Crippen LogP) is 2.75. The van der Waals surface area contributed by atoms with E-state index in [1.54, 1.807) is 20.8 Å². The van der Waals surface area contributed by atoms with E-state index in [-0.39, 0.29) is 23.4 Å². The molecule has 1 aliphatic carbocycles. The number of Topliss-reactive ketones (excluding diaryl/α,β-unsaturated/α-hetero) is 2. The van der Waals surface area contributed by atoms with E-state index in [4.69, 9.17) is 0 Å². The molecule has 1 aliphatic rings. The van der Waals surface area contributed by atoms with Crippen LogP contribution in [0.15, 0.2) is 0 Å². The van der Waals surface area contributed by atoms with Crippen molar-refractivity contribution in [1.82, 2.24) is 0 Å². The van der Waals surface area contributed by atoms with Crippen LogP contribution in [0.25, 0.3) is 0 Å². The Hall–Kier alpha value is -0.700. The van der Waals surface area contributed by atoms with E-state index < -0.39 is 5.60 Å². The van der Waals surface area contributed by atoms with Gasteiger partial charge in [-0.3, -0.25) is 4.79 Å². The quantitative estimate of drug-likeness (QED) is 0.785. The summed E-state index contributed by atoms with van der Waals surface area (Å²) < 4.78 is 0. The normalized spacial score (nSPS) is 30.1. The number of ketones is 2. The molecule has 1 saturated carbocycles. The Bertz CT molecular complexity index is 314. The molecule has 18 heavy (non-hydrogen) atoms. The van der Waals surface area contributed by atoms with Crippen LogP contribution >= 0.6 is 0 Å². The van der Waals surface area contributed by atoms with E-state index in [0.29, 0.717) is 25.2 Å². The fraction of sp³-hybridized carbons (Fsp3) is 0.867. The fourth-order valence-electron chi connectivity index (χ4n) is 2.89. The molecule has 0 spiro atoms. The molecule has 0 aromatic heterocycles. The van der Waals surface area contributed by atoms with Crippen molar-refractivity contribution in [2.75, 3.05) is 0 Å². The molecule has 3 atom stereocenters. The summed E-state index contributed by atoms with van der Waals surface area (Å²) >= 11 is 0. The van der Waals surface area contributed by atoms with Gasteiger partial charge in [0.15, 0.2) is 0 Å². The molecule has 1 fully saturated rings. The van der Waals surface area contributed by atoms with Gasteiger partial charge in [-0.25, -0.2) is 0 Å². The van der Waals surface area contributed by atoms with Gasteiger partial charge >= 0.3 is 0 Å². The van der Waals surface area contributed by atoms with Crippen LogP contribution in [0.5, 0.6) is 0 Å². The van der Waals surface area contributed by atoms with Gasteiger partial charge in [-0.15, -0.1) is 0 Å². The molecule has 0 unspecified atom stereocenters. The van der Waals surface area contributed by atoms with Gasteiger partial charge in [0, 0.05) is 18.8 Å². The van der Waals surface area contributed by atoms with E-state index in [1.807, 2.05) is 0 Å². The van der Waals surface area contributed by atoms with Gasteiger partial charge in [0.1, 0.15) is 11.6 Å². The van der Waals surface area contributed by atoms with Gasteiger partial charge in [-0.2, -0.15) is 0 Å². The van der Waals surface area contributed by atoms with E-state index in [9.17, 15) is 14.7 Å². The highest BCUT2D eigenvalue weighted by Gasteiger charge is 2.36. The molecular formula is C15H26O3. The van der Waals surface area contributed by atoms with Crippen LogP contribution < -0.4 is 0 Å². The second-order valence-electron chi connectivity index (χ2n) is 6.42. The maximum absolute atomic E-state index is 12.3. The molecule has 1 N–H and O–H groups in total. The second kappa shape index (κ2) is 5.96. The molecule has 1 rings (SSSR count). The molecule has 104 valence electrons. The zero-order valence-corrected chi connectivity index (χ0v) is 12.0. The number of rotatable bonds is 4. The van der Waals surface area contributed by atoms with Crippen LogP contribution in [0, 0.1) is 17.8 Å². The van der Waals surface area contributed by atoms with Crippen LogP contribution in [-0.4, -0.2) is 22.3 Å². The molecule has 0 aliphatic heterocycles. The molecule has 0 aromatic rings. The zero-order chi connectivity index (χ0) is 13.9. The average Bonchev–Trinajstić information content (AvgIpc) is 2.35. The predicted molar refractivity (Wildman–Crippen MR) is 71.2 cm³/mol. The fourth-order valence-corrected chi connectivity index (χ4v) is 2.89. The van der Waals surface area contributed by atoms with Gasteiger partial charge in [-0.1, -0.05) is 6.92 Å². The van der Waals surface area contributed by atoms with Crippen molar-refractivity contribution < 1.29 is 14.7 Å². The van der Waals surface area contributed by atoms with E-state index >= 15 is 0 Å². The minimum absolute atomic E-state index is 0.00116. The van der Waals surface area contributed by atoms with Gasteiger partial charge < -0.3 is 9.90 Å². The number of hydrogen-bond acceptors (Lipinski definition) is 3. The van der Waals surface area contributed by atoms with Gasteiger partial charge in [0.05, 0.1) is 5.60 Å². The minimum Gasteiger partial charge on any atom is -0.390 e. The summed E-state index contributed by atoms with van der Waals surface area (Å²) in [6.07, 6.45) is 3.48. The first kappa shape index (κ1) is 15.4. The lowest BCUT2D eigenvalue weighted by Crippen LogP contribution is -2.32. The highest BCUT2D eigenvalue weighted by Crippen LogP contribution is 2.36. The Balaban J connectivity index is 2.71. The van der Waals surface area contributed by atoms with Crippen molar-refractivity contribution in [2.45, 2.75) is 65.4 Å². The first-order valence-corrected chi connectivity index (χ1v) is 6.96. The Labute approximate surface area is 110 Å². The number of carbonyl (C=O) groups excluding carboxylic acids is 2.